The molecule has 0 saturated carbocycles. The molecule has 1 atom stereocenters. The molecule has 2 aliphatic rings. The molecule has 4 rings (SSSR count). The number of benzene rings is 1. The molecule has 2 amide bonds. The number of anilines is 1. The van der Waals surface area contributed by atoms with Crippen LogP contribution >= 0.6 is 23.7 Å². The summed E-state index contributed by atoms with van der Waals surface area (Å²) in [5, 5.41) is 3.26. The molecule has 1 saturated heterocycles. The summed E-state index contributed by atoms with van der Waals surface area (Å²) >= 11 is 1.37. The molecule has 198 valence electrons. The summed E-state index contributed by atoms with van der Waals surface area (Å²) in [6, 6.07) is 6.16. The second-order valence-electron chi connectivity index (χ2n) is 9.29. The summed E-state index contributed by atoms with van der Waals surface area (Å²) in [6.07, 6.45) is 2.38. The smallest absolute Gasteiger partial charge is 0.256 e. The van der Waals surface area contributed by atoms with Gasteiger partial charge >= 0.3 is 0 Å². The predicted molar refractivity (Wildman–Crippen MR) is 143 cm³/mol. The Bertz CT molecular complexity index is 1210. The molecule has 1 unspecified atom stereocenters. The average Bonchev–Trinajstić information content (AvgIpc) is 3.45. The van der Waals surface area contributed by atoms with Crippen LogP contribution < -0.4 is 11.1 Å². The summed E-state index contributed by atoms with van der Waals surface area (Å²) < 4.78 is 32.7. The van der Waals surface area contributed by atoms with Crippen molar-refractivity contribution in [2.75, 3.05) is 32.1 Å². The number of fused-ring (bicyclic) bond motifs is 1. The van der Waals surface area contributed by atoms with Gasteiger partial charge in [0.15, 0.2) is 0 Å². The molecule has 2 aliphatic heterocycles. The van der Waals surface area contributed by atoms with Crippen LogP contribution in [0, 0.1) is 0 Å². The normalized spacial score (nSPS) is 18.2. The number of halogens is 1. The number of sulfonamides is 1. The highest BCUT2D eigenvalue weighted by molar-refractivity contribution is 7.89. The Hall–Kier alpha value is -2.02. The lowest BCUT2D eigenvalue weighted by Gasteiger charge is -2.30. The number of nitrogens with two attached hydrogens (primary N) is 1. The summed E-state index contributed by atoms with van der Waals surface area (Å²) in [7, 11) is -2.17. The first kappa shape index (κ1) is 28.5. The molecule has 0 bridgehead atoms. The van der Waals surface area contributed by atoms with Crippen LogP contribution in [-0.2, 0) is 27.7 Å². The number of nitrogens with one attached hydrogen (secondary N) is 1. The van der Waals surface area contributed by atoms with E-state index in [0.29, 0.717) is 36.2 Å². The van der Waals surface area contributed by atoms with Crippen molar-refractivity contribution in [1.29, 1.82) is 0 Å². The summed E-state index contributed by atoms with van der Waals surface area (Å²) in [5.41, 5.74) is 7.24. The topological polar surface area (TPSA) is 122 Å². The third-order valence-electron chi connectivity index (χ3n) is 6.60. The second-order valence-corrected chi connectivity index (χ2v) is 12.4. The van der Waals surface area contributed by atoms with E-state index in [0.717, 1.165) is 29.8 Å². The number of thiophene rings is 1. The largest absolute Gasteiger partial charge is 0.377 e. The van der Waals surface area contributed by atoms with Crippen LogP contribution in [0.5, 0.6) is 0 Å². The maximum absolute atomic E-state index is 13.0. The molecule has 36 heavy (non-hydrogen) atoms. The molecule has 0 radical (unpaired) electrons. The molecule has 1 aromatic carbocycles. The van der Waals surface area contributed by atoms with Gasteiger partial charge < -0.3 is 15.8 Å². The molecule has 0 spiro atoms. The van der Waals surface area contributed by atoms with Gasteiger partial charge in [-0.3, -0.25) is 14.5 Å². The maximum Gasteiger partial charge on any atom is 0.256 e. The van der Waals surface area contributed by atoms with Gasteiger partial charge in [-0.2, -0.15) is 4.31 Å². The predicted octanol–water partition coefficient (Wildman–Crippen LogP) is 3.09. The van der Waals surface area contributed by atoms with E-state index in [1.165, 1.54) is 47.0 Å². The van der Waals surface area contributed by atoms with Crippen molar-refractivity contribution >= 4 is 50.6 Å². The van der Waals surface area contributed by atoms with Crippen LogP contribution in [-0.4, -0.2) is 68.3 Å². The number of likely N-dealkylation sites (N-methyl/N-ethyl adjacent to an activating group) is 1. The van der Waals surface area contributed by atoms with Gasteiger partial charge in [0, 0.05) is 49.8 Å². The third kappa shape index (κ3) is 5.92. The minimum absolute atomic E-state index is 0. The standard InChI is InChI=1S/C24H32N4O5S2.ClH/c1-15(2)28-11-10-19-20(14-28)34-24(21(19)22(25)29)26-23(30)16-6-8-18(9-7-16)35(31,32)27(3)13-17-5-4-12-33-17;/h6-9,15,17H,4-5,10-14H2,1-3H3,(H2,25,29)(H,26,30);1H. The minimum atomic E-state index is -3.70. The zero-order chi connectivity index (χ0) is 25.3. The van der Waals surface area contributed by atoms with Gasteiger partial charge in [-0.1, -0.05) is 0 Å². The van der Waals surface area contributed by atoms with Crippen molar-refractivity contribution in [3.05, 3.63) is 45.8 Å². The lowest BCUT2D eigenvalue weighted by Crippen LogP contribution is -2.35. The van der Waals surface area contributed by atoms with Crippen molar-refractivity contribution in [1.82, 2.24) is 9.21 Å². The highest BCUT2D eigenvalue weighted by Gasteiger charge is 2.29. The van der Waals surface area contributed by atoms with Crippen molar-refractivity contribution < 1.29 is 22.7 Å². The maximum atomic E-state index is 13.0. The summed E-state index contributed by atoms with van der Waals surface area (Å²) in [4.78, 5) is 28.6. The number of hydrogen-bond donors (Lipinski definition) is 2. The van der Waals surface area contributed by atoms with Gasteiger partial charge in [-0.05, 0) is 62.9 Å². The number of amides is 2. The van der Waals surface area contributed by atoms with Gasteiger partial charge in [-0.25, -0.2) is 8.42 Å². The Morgan fingerprint density at radius 3 is 2.56 bits per heavy atom. The molecule has 1 fully saturated rings. The highest BCUT2D eigenvalue weighted by Crippen LogP contribution is 2.37. The van der Waals surface area contributed by atoms with Gasteiger partial charge in [0.1, 0.15) is 5.00 Å². The monoisotopic (exact) mass is 556 g/mol. The van der Waals surface area contributed by atoms with E-state index in [1.54, 1.807) is 0 Å². The molecule has 3 N–H and O–H groups in total. The molecule has 0 aliphatic carbocycles. The Kier molecular flexibility index (Phi) is 9.18. The fourth-order valence-electron chi connectivity index (χ4n) is 4.52. The number of carbonyl (C=O) groups is 2. The van der Waals surface area contributed by atoms with Gasteiger partial charge in [0.25, 0.3) is 11.8 Å². The lowest BCUT2D eigenvalue weighted by molar-refractivity contribution is 0.0978. The Morgan fingerprint density at radius 1 is 1.28 bits per heavy atom. The molecular formula is C24H33ClN4O5S2. The summed E-state index contributed by atoms with van der Waals surface area (Å²) in [6.45, 7) is 6.73. The van der Waals surface area contributed by atoms with Gasteiger partial charge in [-0.15, -0.1) is 23.7 Å². The zero-order valence-corrected chi connectivity index (χ0v) is 23.1. The number of rotatable bonds is 8. The van der Waals surface area contributed by atoms with E-state index >= 15 is 0 Å². The van der Waals surface area contributed by atoms with E-state index in [1.807, 2.05) is 0 Å². The van der Waals surface area contributed by atoms with Crippen molar-refractivity contribution in [3.63, 3.8) is 0 Å². The molecule has 3 heterocycles. The van der Waals surface area contributed by atoms with Crippen molar-refractivity contribution in [3.8, 4) is 0 Å². The number of ether oxygens (including phenoxy) is 1. The Balaban J connectivity index is 0.00000361. The minimum Gasteiger partial charge on any atom is -0.377 e. The Labute approximate surface area is 222 Å². The van der Waals surface area contributed by atoms with Crippen LogP contribution in [0.2, 0.25) is 0 Å². The first-order chi connectivity index (χ1) is 16.6. The average molecular weight is 557 g/mol. The molecule has 9 nitrogen and oxygen atoms in total. The zero-order valence-electron chi connectivity index (χ0n) is 20.7. The first-order valence-corrected chi connectivity index (χ1v) is 14.0. The number of hydrogen-bond acceptors (Lipinski definition) is 7. The van der Waals surface area contributed by atoms with E-state index in [-0.39, 0.29) is 35.5 Å². The fourth-order valence-corrected chi connectivity index (χ4v) is 7.00. The van der Waals surface area contributed by atoms with Gasteiger partial charge in [0.05, 0.1) is 16.6 Å². The fraction of sp³-hybridized carbons (Fsp3) is 0.500. The highest BCUT2D eigenvalue weighted by atomic mass is 35.5. The van der Waals surface area contributed by atoms with E-state index in [4.69, 9.17) is 10.5 Å². The lowest BCUT2D eigenvalue weighted by atomic mass is 10.0. The third-order valence-corrected chi connectivity index (χ3v) is 9.57. The van der Waals surface area contributed by atoms with Crippen molar-refractivity contribution in [2.24, 2.45) is 5.73 Å². The van der Waals surface area contributed by atoms with Crippen molar-refractivity contribution in [2.45, 2.75) is 56.7 Å². The van der Waals surface area contributed by atoms with Gasteiger partial charge in [0.2, 0.25) is 10.0 Å². The SMILES string of the molecule is CC(C)N1CCc2c(sc(NC(=O)c3ccc(S(=O)(=O)N(C)CC4CCCO4)cc3)c2C(N)=O)C1.Cl. The summed E-state index contributed by atoms with van der Waals surface area (Å²) in [5.74, 6) is -0.991. The van der Waals surface area contributed by atoms with E-state index in [9.17, 15) is 18.0 Å². The number of nitrogens with zero attached hydrogens (tertiary/aromatic N) is 2. The van der Waals surface area contributed by atoms with Crippen LogP contribution in [0.4, 0.5) is 5.00 Å². The molecule has 1 aromatic heterocycles. The molecule has 2 aromatic rings. The quantitative estimate of drug-likeness (QED) is 0.515. The number of carbonyl (C=O) groups excluding carboxylic acids is 2. The van der Waals surface area contributed by atoms with Crippen LogP contribution in [0.3, 0.4) is 0 Å². The second kappa shape index (κ2) is 11.6. The van der Waals surface area contributed by atoms with Crippen LogP contribution in [0.25, 0.3) is 0 Å². The van der Waals surface area contributed by atoms with Crippen LogP contribution in [0.1, 0.15) is 57.8 Å². The first-order valence-electron chi connectivity index (χ1n) is 11.8. The number of primary amides is 1. The van der Waals surface area contributed by atoms with E-state index < -0.39 is 21.8 Å². The molecule has 12 heteroatoms. The van der Waals surface area contributed by atoms with Crippen LogP contribution in [0.15, 0.2) is 29.2 Å². The van der Waals surface area contributed by atoms with E-state index in [2.05, 4.69) is 24.1 Å². The Morgan fingerprint density at radius 2 is 1.97 bits per heavy atom. The molecular weight excluding hydrogens is 524 g/mol.